The summed E-state index contributed by atoms with van der Waals surface area (Å²) in [6, 6.07) is 13.7. The molecule has 1 aliphatic heterocycles. The topological polar surface area (TPSA) is 18.5 Å². The quantitative estimate of drug-likeness (QED) is 0.631. The Kier molecular flexibility index (Phi) is 6.58. The van der Waals surface area contributed by atoms with Crippen molar-refractivity contribution >= 4 is 62.1 Å². The van der Waals surface area contributed by atoms with Crippen LogP contribution < -0.4 is 5.32 Å². The summed E-state index contributed by atoms with van der Waals surface area (Å²) in [6.45, 7) is 4.51. The normalized spacial score (nSPS) is 15.2. The van der Waals surface area contributed by atoms with Crippen molar-refractivity contribution in [2.24, 2.45) is 0 Å². The average molecular weight is 459 g/mol. The Labute approximate surface area is 172 Å². The molecule has 0 spiro atoms. The standard InChI is InChI=1S/C18H18BrCl2N3S/c19-14-2-5-16(6-3-14)22-18(25)24-9-7-23(8-10-24)12-13-1-4-15(20)11-17(13)21/h1-6,11H,7-10,12H2,(H,22,25). The summed E-state index contributed by atoms with van der Waals surface area (Å²) in [6.07, 6.45) is 0. The molecule has 0 unspecified atom stereocenters. The summed E-state index contributed by atoms with van der Waals surface area (Å²) in [5.41, 5.74) is 2.11. The van der Waals surface area contributed by atoms with Gasteiger partial charge in [-0.05, 0) is 54.2 Å². The van der Waals surface area contributed by atoms with Crippen LogP contribution in [0.15, 0.2) is 46.9 Å². The summed E-state index contributed by atoms with van der Waals surface area (Å²) in [5, 5.41) is 5.46. The maximum atomic E-state index is 6.27. The number of anilines is 1. The molecule has 1 aliphatic rings. The molecule has 0 radical (unpaired) electrons. The first-order valence-electron chi connectivity index (χ1n) is 7.99. The predicted molar refractivity (Wildman–Crippen MR) is 114 cm³/mol. The van der Waals surface area contributed by atoms with Gasteiger partial charge in [-0.25, -0.2) is 0 Å². The molecule has 1 fully saturated rings. The molecule has 0 atom stereocenters. The van der Waals surface area contributed by atoms with Crippen molar-refractivity contribution in [3.8, 4) is 0 Å². The molecule has 1 heterocycles. The van der Waals surface area contributed by atoms with E-state index in [0.29, 0.717) is 5.02 Å². The Hall–Kier alpha value is -0.850. The van der Waals surface area contributed by atoms with E-state index in [0.717, 1.165) is 58.6 Å². The molecule has 1 saturated heterocycles. The average Bonchev–Trinajstić information content (AvgIpc) is 2.60. The predicted octanol–water partition coefficient (Wildman–Crippen LogP) is 5.27. The number of nitrogens with one attached hydrogen (secondary N) is 1. The van der Waals surface area contributed by atoms with Crippen molar-refractivity contribution in [3.63, 3.8) is 0 Å². The number of halogens is 3. The fourth-order valence-corrected chi connectivity index (χ4v) is 3.77. The lowest BCUT2D eigenvalue weighted by atomic mass is 10.2. The van der Waals surface area contributed by atoms with Crippen LogP contribution in [0.5, 0.6) is 0 Å². The minimum absolute atomic E-state index is 0.669. The fourth-order valence-electron chi connectivity index (χ4n) is 2.74. The summed E-state index contributed by atoms with van der Waals surface area (Å²) in [4.78, 5) is 4.59. The molecule has 132 valence electrons. The van der Waals surface area contributed by atoms with Gasteiger partial charge in [-0.15, -0.1) is 0 Å². The van der Waals surface area contributed by atoms with Gasteiger partial charge in [0.15, 0.2) is 5.11 Å². The fraction of sp³-hybridized carbons (Fsp3) is 0.278. The maximum Gasteiger partial charge on any atom is 0.173 e. The molecule has 3 rings (SSSR count). The van der Waals surface area contributed by atoms with E-state index < -0.39 is 0 Å². The van der Waals surface area contributed by atoms with E-state index in [-0.39, 0.29) is 0 Å². The van der Waals surface area contributed by atoms with Gasteiger partial charge in [0.05, 0.1) is 0 Å². The third kappa shape index (κ3) is 5.31. The number of piperazine rings is 1. The van der Waals surface area contributed by atoms with Crippen LogP contribution in [0, 0.1) is 0 Å². The van der Waals surface area contributed by atoms with Gasteiger partial charge in [-0.3, -0.25) is 4.90 Å². The molecule has 7 heteroatoms. The molecule has 2 aromatic rings. The van der Waals surface area contributed by atoms with Crippen LogP contribution in [-0.2, 0) is 6.54 Å². The van der Waals surface area contributed by atoms with E-state index in [1.54, 1.807) is 6.07 Å². The molecular formula is C18H18BrCl2N3S. The highest BCUT2D eigenvalue weighted by Crippen LogP contribution is 2.23. The van der Waals surface area contributed by atoms with E-state index in [4.69, 9.17) is 35.4 Å². The highest BCUT2D eigenvalue weighted by Gasteiger charge is 2.19. The van der Waals surface area contributed by atoms with Gasteiger partial charge in [-0.1, -0.05) is 45.2 Å². The molecular weight excluding hydrogens is 441 g/mol. The third-order valence-corrected chi connectivity index (χ3v) is 5.64. The second-order valence-corrected chi connectivity index (χ2v) is 8.08. The maximum absolute atomic E-state index is 6.27. The van der Waals surface area contributed by atoms with Crippen molar-refractivity contribution in [3.05, 3.63) is 62.5 Å². The van der Waals surface area contributed by atoms with Gasteiger partial charge >= 0.3 is 0 Å². The molecule has 3 nitrogen and oxygen atoms in total. The molecule has 2 aromatic carbocycles. The minimum Gasteiger partial charge on any atom is -0.346 e. The third-order valence-electron chi connectivity index (χ3n) is 4.16. The number of benzene rings is 2. The Balaban J connectivity index is 1.51. The Bertz CT molecular complexity index is 746. The summed E-state index contributed by atoms with van der Waals surface area (Å²) in [5.74, 6) is 0. The second-order valence-electron chi connectivity index (χ2n) is 5.94. The SMILES string of the molecule is S=C(Nc1ccc(Br)cc1)N1CCN(Cc2ccc(Cl)cc2Cl)CC1. The molecule has 0 amide bonds. The smallest absolute Gasteiger partial charge is 0.173 e. The lowest BCUT2D eigenvalue weighted by Crippen LogP contribution is -2.49. The van der Waals surface area contributed by atoms with E-state index in [9.17, 15) is 0 Å². The number of nitrogens with zero attached hydrogens (tertiary/aromatic N) is 2. The lowest BCUT2D eigenvalue weighted by Gasteiger charge is -2.36. The van der Waals surface area contributed by atoms with Crippen LogP contribution in [0.4, 0.5) is 5.69 Å². The van der Waals surface area contributed by atoms with Crippen LogP contribution in [0.1, 0.15) is 5.56 Å². The number of thiocarbonyl (C=S) groups is 1. The van der Waals surface area contributed by atoms with Gasteiger partial charge in [0.1, 0.15) is 0 Å². The number of hydrogen-bond acceptors (Lipinski definition) is 2. The Morgan fingerprint density at radius 3 is 2.36 bits per heavy atom. The van der Waals surface area contributed by atoms with E-state index >= 15 is 0 Å². The van der Waals surface area contributed by atoms with Crippen molar-refractivity contribution in [1.82, 2.24) is 9.80 Å². The zero-order valence-electron chi connectivity index (χ0n) is 13.5. The molecule has 25 heavy (non-hydrogen) atoms. The zero-order chi connectivity index (χ0) is 17.8. The van der Waals surface area contributed by atoms with E-state index in [1.165, 1.54) is 0 Å². The van der Waals surface area contributed by atoms with Gasteiger partial charge in [0.25, 0.3) is 0 Å². The van der Waals surface area contributed by atoms with Crippen LogP contribution in [0.3, 0.4) is 0 Å². The molecule has 1 N–H and O–H groups in total. The second kappa shape index (κ2) is 8.69. The number of hydrogen-bond donors (Lipinski definition) is 1. The van der Waals surface area contributed by atoms with Crippen molar-refractivity contribution in [1.29, 1.82) is 0 Å². The van der Waals surface area contributed by atoms with Crippen LogP contribution in [0.2, 0.25) is 10.0 Å². The molecule has 0 bridgehead atoms. The van der Waals surface area contributed by atoms with Crippen LogP contribution in [0.25, 0.3) is 0 Å². The highest BCUT2D eigenvalue weighted by atomic mass is 79.9. The van der Waals surface area contributed by atoms with Gasteiger partial charge in [0, 0.05) is 52.9 Å². The van der Waals surface area contributed by atoms with E-state index in [2.05, 4.69) is 31.0 Å². The zero-order valence-corrected chi connectivity index (χ0v) is 17.4. The molecule has 0 aliphatic carbocycles. The minimum atomic E-state index is 0.669. The first-order chi connectivity index (χ1) is 12.0. The monoisotopic (exact) mass is 457 g/mol. The van der Waals surface area contributed by atoms with Crippen LogP contribution in [-0.4, -0.2) is 41.1 Å². The van der Waals surface area contributed by atoms with Crippen molar-refractivity contribution < 1.29 is 0 Å². The molecule has 0 saturated carbocycles. The van der Waals surface area contributed by atoms with Gasteiger partial charge in [-0.2, -0.15) is 0 Å². The summed E-state index contributed by atoms with van der Waals surface area (Å²) in [7, 11) is 0. The van der Waals surface area contributed by atoms with Crippen LogP contribution >= 0.6 is 51.3 Å². The highest BCUT2D eigenvalue weighted by molar-refractivity contribution is 9.10. The number of rotatable bonds is 3. The van der Waals surface area contributed by atoms with E-state index in [1.807, 2.05) is 36.4 Å². The lowest BCUT2D eigenvalue weighted by molar-refractivity contribution is 0.177. The first-order valence-corrected chi connectivity index (χ1v) is 9.95. The summed E-state index contributed by atoms with van der Waals surface area (Å²) >= 11 is 21.2. The van der Waals surface area contributed by atoms with Crippen molar-refractivity contribution in [2.75, 3.05) is 31.5 Å². The van der Waals surface area contributed by atoms with Crippen molar-refractivity contribution in [2.45, 2.75) is 6.54 Å². The first kappa shape index (κ1) is 18.9. The largest absolute Gasteiger partial charge is 0.346 e. The van der Waals surface area contributed by atoms with Gasteiger partial charge < -0.3 is 10.2 Å². The van der Waals surface area contributed by atoms with Gasteiger partial charge in [0.2, 0.25) is 0 Å². The summed E-state index contributed by atoms with van der Waals surface area (Å²) < 4.78 is 1.05. The molecule has 0 aromatic heterocycles. The Morgan fingerprint density at radius 2 is 1.72 bits per heavy atom. The Morgan fingerprint density at radius 1 is 1.04 bits per heavy atom.